The van der Waals surface area contributed by atoms with Gasteiger partial charge in [0.25, 0.3) is 0 Å². The van der Waals surface area contributed by atoms with Crippen LogP contribution in [-0.4, -0.2) is 16.9 Å². The molecule has 1 unspecified atom stereocenters. The first kappa shape index (κ1) is 31.8. The van der Waals surface area contributed by atoms with E-state index in [0.29, 0.717) is 10.9 Å². The Morgan fingerprint density at radius 2 is 1.82 bits per heavy atom. The Morgan fingerprint density at radius 3 is 2.38 bits per heavy atom. The number of fused-ring (bicyclic) bond motifs is 1. The summed E-state index contributed by atoms with van der Waals surface area (Å²) >= 11 is 6.01. The molecule has 0 saturated carbocycles. The van der Waals surface area contributed by atoms with Gasteiger partial charge >= 0.3 is 6.18 Å². The first-order valence-corrected chi connectivity index (χ1v) is 13.3. The quantitative estimate of drug-likeness (QED) is 0.158. The van der Waals surface area contributed by atoms with Crippen LogP contribution < -0.4 is 0 Å². The van der Waals surface area contributed by atoms with Crippen molar-refractivity contribution in [2.24, 2.45) is 4.99 Å². The van der Waals surface area contributed by atoms with Gasteiger partial charge in [-0.15, -0.1) is 0 Å². The van der Waals surface area contributed by atoms with E-state index in [1.54, 1.807) is 13.0 Å². The molecule has 0 spiro atoms. The lowest BCUT2D eigenvalue weighted by atomic mass is 9.92. The molecule has 39 heavy (non-hydrogen) atoms. The molecule has 3 aromatic rings. The number of nitrogens with one attached hydrogen (secondary N) is 1. The predicted octanol–water partition coefficient (Wildman–Crippen LogP) is 10.2. The van der Waals surface area contributed by atoms with Crippen molar-refractivity contribution in [3.8, 4) is 6.07 Å². The first-order chi connectivity index (χ1) is 18.4. The maximum Gasteiger partial charge on any atom is 0.415 e. The SMILES string of the molecule is C=C(/C=C\N=C(C)CCC)C(F)(F)F.CCCCc1c(C(C)c2ccc(C#N)cc2)[nH]c2ccc(Cl)c(F)c12. The monoisotopic (exact) mass is 559 g/mol. The number of rotatable bonds is 9. The minimum Gasteiger partial charge on any atom is -0.358 e. The topological polar surface area (TPSA) is 51.9 Å². The fourth-order valence-corrected chi connectivity index (χ4v) is 4.23. The van der Waals surface area contributed by atoms with Crippen LogP contribution in [0, 0.1) is 17.1 Å². The number of H-pyrrole nitrogens is 1. The molecule has 208 valence electrons. The van der Waals surface area contributed by atoms with Gasteiger partial charge in [-0.2, -0.15) is 18.4 Å². The van der Waals surface area contributed by atoms with Crippen LogP contribution in [0.5, 0.6) is 0 Å². The third kappa shape index (κ3) is 8.83. The van der Waals surface area contributed by atoms with Crippen LogP contribution in [0.2, 0.25) is 5.02 Å². The summed E-state index contributed by atoms with van der Waals surface area (Å²) in [6.45, 7) is 10.9. The Labute approximate surface area is 232 Å². The Kier molecular flexibility index (Phi) is 12.0. The number of nitrogens with zero attached hydrogens (tertiary/aromatic N) is 2. The highest BCUT2D eigenvalue weighted by Gasteiger charge is 2.29. The highest BCUT2D eigenvalue weighted by molar-refractivity contribution is 6.31. The van der Waals surface area contributed by atoms with Crippen molar-refractivity contribution in [2.45, 2.75) is 71.9 Å². The molecule has 1 atom stereocenters. The molecule has 0 saturated heterocycles. The molecule has 3 nitrogen and oxygen atoms in total. The second-order valence-corrected chi connectivity index (χ2v) is 9.72. The van der Waals surface area contributed by atoms with Gasteiger partial charge in [0.05, 0.1) is 16.7 Å². The number of hydrogen-bond donors (Lipinski definition) is 1. The van der Waals surface area contributed by atoms with Gasteiger partial charge in [-0.05, 0) is 67.7 Å². The standard InChI is InChI=1S/C21H20ClFN2.C10H14F3N/c1-3-4-5-16-19-18(11-10-17(22)20(19)23)25-21(16)13(2)15-8-6-14(12-24)7-9-15;1-4-5-9(3)14-7-6-8(2)10(11,12)13/h6-11,13,25H,3-5H2,1-2H3;6-7H,2,4-5H2,1,3H3/b;7-6-,14-9?. The van der Waals surface area contributed by atoms with Gasteiger partial charge in [0.1, 0.15) is 0 Å². The van der Waals surface area contributed by atoms with Gasteiger partial charge in [-0.1, -0.05) is 63.9 Å². The van der Waals surface area contributed by atoms with E-state index < -0.39 is 11.7 Å². The van der Waals surface area contributed by atoms with Gasteiger partial charge in [0.15, 0.2) is 5.82 Å². The number of aromatic amines is 1. The number of aliphatic imine (C=N–C) groups is 1. The predicted molar refractivity (Wildman–Crippen MR) is 153 cm³/mol. The Balaban J connectivity index is 0.000000326. The number of aromatic nitrogens is 1. The highest BCUT2D eigenvalue weighted by atomic mass is 35.5. The van der Waals surface area contributed by atoms with E-state index in [4.69, 9.17) is 16.9 Å². The number of unbranched alkanes of at least 4 members (excludes halogenated alkanes) is 1. The number of hydrogen-bond acceptors (Lipinski definition) is 2. The van der Waals surface area contributed by atoms with Crippen molar-refractivity contribution in [1.82, 2.24) is 4.98 Å². The second-order valence-electron chi connectivity index (χ2n) is 9.31. The second kappa shape index (κ2) is 14.7. The van der Waals surface area contributed by atoms with Crippen LogP contribution in [0.1, 0.15) is 81.7 Å². The molecule has 8 heteroatoms. The molecule has 0 radical (unpaired) electrons. The molecule has 2 aromatic carbocycles. The van der Waals surface area contributed by atoms with E-state index in [1.807, 2.05) is 37.3 Å². The molecule has 0 aliphatic heterocycles. The van der Waals surface area contributed by atoms with Crippen molar-refractivity contribution in [3.63, 3.8) is 0 Å². The van der Waals surface area contributed by atoms with Crippen LogP contribution >= 0.6 is 11.6 Å². The molecular formula is C31H34ClF4N3. The summed E-state index contributed by atoms with van der Waals surface area (Å²) in [5.74, 6) is -0.273. The van der Waals surface area contributed by atoms with Crippen molar-refractivity contribution in [2.75, 3.05) is 0 Å². The van der Waals surface area contributed by atoms with E-state index in [1.165, 1.54) is 0 Å². The summed E-state index contributed by atoms with van der Waals surface area (Å²) < 4.78 is 50.4. The number of nitriles is 1. The third-order valence-corrected chi connectivity index (χ3v) is 6.58. The third-order valence-electron chi connectivity index (χ3n) is 6.29. The maximum atomic E-state index is 14.7. The van der Waals surface area contributed by atoms with E-state index in [-0.39, 0.29) is 16.8 Å². The van der Waals surface area contributed by atoms with Gasteiger partial charge in [0, 0.05) is 40.0 Å². The largest absolute Gasteiger partial charge is 0.415 e. The lowest BCUT2D eigenvalue weighted by Gasteiger charge is -2.14. The van der Waals surface area contributed by atoms with Crippen LogP contribution in [0.4, 0.5) is 17.6 Å². The molecule has 3 rings (SSSR count). The average molecular weight is 560 g/mol. The average Bonchev–Trinajstić information content (AvgIpc) is 3.28. The Hall–Kier alpha value is -3.37. The lowest BCUT2D eigenvalue weighted by Crippen LogP contribution is -2.08. The molecule has 0 aliphatic carbocycles. The zero-order valence-electron chi connectivity index (χ0n) is 22.7. The lowest BCUT2D eigenvalue weighted by molar-refractivity contribution is -0.0878. The summed E-state index contributed by atoms with van der Waals surface area (Å²) in [6.07, 6.45) is 2.23. The van der Waals surface area contributed by atoms with Gasteiger partial charge in [0.2, 0.25) is 0 Å². The van der Waals surface area contributed by atoms with Gasteiger partial charge < -0.3 is 4.98 Å². The van der Waals surface area contributed by atoms with E-state index >= 15 is 0 Å². The summed E-state index contributed by atoms with van der Waals surface area (Å²) in [7, 11) is 0. The minimum absolute atomic E-state index is 0.0742. The first-order valence-electron chi connectivity index (χ1n) is 12.9. The molecule has 1 aromatic heterocycles. The molecule has 1 N–H and O–H groups in total. The maximum absolute atomic E-state index is 14.7. The van der Waals surface area contributed by atoms with Crippen LogP contribution in [0.25, 0.3) is 10.9 Å². The number of benzene rings is 2. The smallest absolute Gasteiger partial charge is 0.358 e. The number of aryl methyl sites for hydroxylation is 1. The highest BCUT2D eigenvalue weighted by Crippen LogP contribution is 2.36. The van der Waals surface area contributed by atoms with E-state index in [0.717, 1.165) is 72.4 Å². The van der Waals surface area contributed by atoms with Gasteiger partial charge in [-0.3, -0.25) is 4.99 Å². The molecule has 0 amide bonds. The summed E-state index contributed by atoms with van der Waals surface area (Å²) in [4.78, 5) is 7.25. The molecular weight excluding hydrogens is 526 g/mol. The number of halogens is 5. The number of alkyl halides is 3. The zero-order valence-corrected chi connectivity index (χ0v) is 23.5. The Bertz CT molecular complexity index is 1360. The fraction of sp³-hybridized carbons (Fsp3) is 0.355. The zero-order chi connectivity index (χ0) is 29.2. The summed E-state index contributed by atoms with van der Waals surface area (Å²) in [5.41, 5.74) is 4.47. The molecule has 0 bridgehead atoms. The van der Waals surface area contributed by atoms with E-state index in [9.17, 15) is 17.6 Å². The molecule has 1 heterocycles. The van der Waals surface area contributed by atoms with Crippen LogP contribution in [0.15, 0.2) is 65.8 Å². The summed E-state index contributed by atoms with van der Waals surface area (Å²) in [6, 6.07) is 13.1. The minimum atomic E-state index is -4.36. The van der Waals surface area contributed by atoms with Crippen molar-refractivity contribution in [3.05, 3.63) is 94.1 Å². The van der Waals surface area contributed by atoms with Crippen molar-refractivity contribution >= 4 is 28.2 Å². The fourth-order valence-electron chi connectivity index (χ4n) is 4.08. The van der Waals surface area contributed by atoms with Crippen LogP contribution in [0.3, 0.4) is 0 Å². The molecule has 0 aliphatic rings. The Morgan fingerprint density at radius 1 is 1.15 bits per heavy atom. The van der Waals surface area contributed by atoms with Crippen LogP contribution in [-0.2, 0) is 6.42 Å². The van der Waals surface area contributed by atoms with E-state index in [2.05, 4.69) is 36.5 Å². The number of allylic oxidation sites excluding steroid dienone is 2. The molecule has 0 fully saturated rings. The normalized spacial score (nSPS) is 12.8. The van der Waals surface area contributed by atoms with Crippen molar-refractivity contribution < 1.29 is 17.6 Å². The van der Waals surface area contributed by atoms with Crippen molar-refractivity contribution in [1.29, 1.82) is 5.26 Å². The summed E-state index contributed by atoms with van der Waals surface area (Å²) in [5, 5.41) is 9.73. The van der Waals surface area contributed by atoms with Gasteiger partial charge in [-0.25, -0.2) is 4.39 Å².